The fourth-order valence-corrected chi connectivity index (χ4v) is 1.30. The number of esters is 1. The van der Waals surface area contributed by atoms with Gasteiger partial charge in [-0.3, -0.25) is 0 Å². The lowest BCUT2D eigenvalue weighted by Gasteiger charge is -2.06. The summed E-state index contributed by atoms with van der Waals surface area (Å²) in [5, 5.41) is 9.16. The average Bonchev–Trinajstić information content (AvgIpc) is 2.38. The fraction of sp³-hybridized carbons (Fsp3) is 0.357. The minimum atomic E-state index is -0.473. The number of ether oxygens (including phenoxy) is 2. The van der Waals surface area contributed by atoms with E-state index >= 15 is 0 Å². The molecule has 4 heteroatoms. The second-order valence-electron chi connectivity index (χ2n) is 3.79. The quantitative estimate of drug-likeness (QED) is 0.365. The Morgan fingerprint density at radius 2 is 2.00 bits per heavy atom. The number of phenolic OH excluding ortho intramolecular Hbond substituents is 1. The molecule has 0 amide bonds. The Morgan fingerprint density at radius 1 is 1.33 bits per heavy atom. The summed E-state index contributed by atoms with van der Waals surface area (Å²) in [6, 6.07) is 6.46. The van der Waals surface area contributed by atoms with Crippen molar-refractivity contribution < 1.29 is 19.4 Å². The van der Waals surface area contributed by atoms with Crippen LogP contribution in [0.4, 0.5) is 0 Å². The first-order valence-electron chi connectivity index (χ1n) is 5.89. The summed E-state index contributed by atoms with van der Waals surface area (Å²) in [7, 11) is 1.42. The predicted molar refractivity (Wildman–Crippen MR) is 69.0 cm³/mol. The third-order valence-corrected chi connectivity index (χ3v) is 2.34. The highest BCUT2D eigenvalue weighted by Crippen LogP contribution is 2.13. The molecule has 0 aromatic heterocycles. The molecule has 0 unspecified atom stereocenters. The molecule has 0 saturated carbocycles. The zero-order valence-electron chi connectivity index (χ0n) is 10.7. The molecule has 0 fully saturated rings. The van der Waals surface area contributed by atoms with Gasteiger partial charge in [0.25, 0.3) is 0 Å². The Balaban J connectivity index is 2.69. The van der Waals surface area contributed by atoms with Crippen LogP contribution in [-0.4, -0.2) is 24.8 Å². The maximum atomic E-state index is 11.7. The first-order chi connectivity index (χ1) is 8.67. The lowest BCUT2D eigenvalue weighted by Crippen LogP contribution is -2.10. The summed E-state index contributed by atoms with van der Waals surface area (Å²) >= 11 is 0. The summed E-state index contributed by atoms with van der Waals surface area (Å²) in [5.41, 5.74) is 0.761. The van der Waals surface area contributed by atoms with E-state index in [1.807, 2.05) is 6.92 Å². The summed E-state index contributed by atoms with van der Waals surface area (Å²) in [5.74, 6) is -0.146. The van der Waals surface area contributed by atoms with Gasteiger partial charge >= 0.3 is 5.97 Å². The maximum absolute atomic E-state index is 11.7. The molecule has 1 aromatic rings. The Kier molecular flexibility index (Phi) is 5.77. The number of rotatable bonds is 6. The van der Waals surface area contributed by atoms with E-state index in [1.165, 1.54) is 7.11 Å². The van der Waals surface area contributed by atoms with Gasteiger partial charge in [-0.15, -0.1) is 0 Å². The van der Waals surface area contributed by atoms with Gasteiger partial charge in [-0.1, -0.05) is 25.5 Å². The molecular weight excluding hydrogens is 232 g/mol. The van der Waals surface area contributed by atoms with Gasteiger partial charge in [0.2, 0.25) is 5.76 Å². The highest BCUT2D eigenvalue weighted by atomic mass is 16.6. The first kappa shape index (κ1) is 14.1. The van der Waals surface area contributed by atoms with Crippen molar-refractivity contribution in [2.75, 3.05) is 13.7 Å². The molecule has 0 heterocycles. The van der Waals surface area contributed by atoms with E-state index in [9.17, 15) is 4.79 Å². The molecule has 4 nitrogen and oxygen atoms in total. The summed E-state index contributed by atoms with van der Waals surface area (Å²) in [4.78, 5) is 11.7. The number of hydrogen-bond acceptors (Lipinski definition) is 4. The van der Waals surface area contributed by atoms with Crippen LogP contribution in [0.15, 0.2) is 30.0 Å². The van der Waals surface area contributed by atoms with Crippen LogP contribution < -0.4 is 0 Å². The molecule has 0 aliphatic rings. The van der Waals surface area contributed by atoms with Gasteiger partial charge in [-0.05, 0) is 30.2 Å². The lowest BCUT2D eigenvalue weighted by atomic mass is 10.2. The SMILES string of the molecule is CCCCOC(=O)C(=Cc1ccc(O)cc1)OC. The van der Waals surface area contributed by atoms with Crippen molar-refractivity contribution in [2.45, 2.75) is 19.8 Å². The number of hydrogen-bond donors (Lipinski definition) is 1. The van der Waals surface area contributed by atoms with E-state index in [-0.39, 0.29) is 11.5 Å². The van der Waals surface area contributed by atoms with Gasteiger partial charge < -0.3 is 14.6 Å². The van der Waals surface area contributed by atoms with E-state index in [4.69, 9.17) is 14.6 Å². The predicted octanol–water partition coefficient (Wildman–Crippen LogP) is 2.72. The van der Waals surface area contributed by atoms with Crippen LogP contribution in [0.5, 0.6) is 5.75 Å². The molecule has 1 rings (SSSR count). The van der Waals surface area contributed by atoms with Gasteiger partial charge in [0.1, 0.15) is 5.75 Å². The average molecular weight is 250 g/mol. The number of aromatic hydroxyl groups is 1. The zero-order valence-corrected chi connectivity index (χ0v) is 10.7. The number of phenols is 1. The zero-order chi connectivity index (χ0) is 13.4. The van der Waals surface area contributed by atoms with Crippen LogP contribution in [0.2, 0.25) is 0 Å². The molecule has 0 atom stereocenters. The van der Waals surface area contributed by atoms with Gasteiger partial charge in [-0.2, -0.15) is 0 Å². The number of carbonyl (C=O) groups is 1. The Labute approximate surface area is 107 Å². The smallest absolute Gasteiger partial charge is 0.373 e. The topological polar surface area (TPSA) is 55.8 Å². The second-order valence-corrected chi connectivity index (χ2v) is 3.79. The molecule has 0 aliphatic carbocycles. The van der Waals surface area contributed by atoms with Crippen molar-refractivity contribution in [3.8, 4) is 5.75 Å². The molecule has 1 N–H and O–H groups in total. The minimum absolute atomic E-state index is 0.150. The molecule has 0 saturated heterocycles. The number of unbranched alkanes of at least 4 members (excludes halogenated alkanes) is 1. The largest absolute Gasteiger partial charge is 0.508 e. The molecule has 0 bridgehead atoms. The van der Waals surface area contributed by atoms with Crippen molar-refractivity contribution >= 4 is 12.0 Å². The third-order valence-electron chi connectivity index (χ3n) is 2.34. The molecular formula is C14H18O4. The minimum Gasteiger partial charge on any atom is -0.508 e. The maximum Gasteiger partial charge on any atom is 0.373 e. The molecule has 98 valence electrons. The standard InChI is InChI=1S/C14H18O4/c1-3-4-9-18-14(16)13(17-2)10-11-5-7-12(15)8-6-11/h5-8,10,15H,3-4,9H2,1-2H3. The Hall–Kier alpha value is -1.97. The molecule has 0 aliphatic heterocycles. The van der Waals surface area contributed by atoms with Crippen molar-refractivity contribution in [3.63, 3.8) is 0 Å². The Bertz CT molecular complexity index is 406. The van der Waals surface area contributed by atoms with E-state index < -0.39 is 5.97 Å². The summed E-state index contributed by atoms with van der Waals surface area (Å²) < 4.78 is 10.1. The van der Waals surface area contributed by atoms with Gasteiger partial charge in [0.15, 0.2) is 0 Å². The number of benzene rings is 1. The molecule has 18 heavy (non-hydrogen) atoms. The van der Waals surface area contributed by atoms with Crippen molar-refractivity contribution in [1.29, 1.82) is 0 Å². The van der Waals surface area contributed by atoms with Crippen LogP contribution in [-0.2, 0) is 14.3 Å². The van der Waals surface area contributed by atoms with Crippen LogP contribution in [0.25, 0.3) is 6.08 Å². The van der Waals surface area contributed by atoms with Crippen molar-refractivity contribution in [1.82, 2.24) is 0 Å². The molecule has 1 aromatic carbocycles. The van der Waals surface area contributed by atoms with Crippen molar-refractivity contribution in [3.05, 3.63) is 35.6 Å². The summed E-state index contributed by atoms with van der Waals surface area (Å²) in [6.07, 6.45) is 3.38. The second kappa shape index (κ2) is 7.37. The van der Waals surface area contributed by atoms with E-state index in [0.717, 1.165) is 18.4 Å². The van der Waals surface area contributed by atoms with Crippen LogP contribution in [0.3, 0.4) is 0 Å². The third kappa shape index (κ3) is 4.49. The number of carbonyl (C=O) groups excluding carboxylic acids is 1. The normalized spacial score (nSPS) is 11.1. The van der Waals surface area contributed by atoms with Crippen LogP contribution in [0.1, 0.15) is 25.3 Å². The summed E-state index contributed by atoms with van der Waals surface area (Å²) in [6.45, 7) is 2.42. The highest BCUT2D eigenvalue weighted by Gasteiger charge is 2.11. The van der Waals surface area contributed by atoms with E-state index in [2.05, 4.69) is 0 Å². The van der Waals surface area contributed by atoms with Crippen LogP contribution in [0, 0.1) is 0 Å². The first-order valence-corrected chi connectivity index (χ1v) is 5.89. The monoisotopic (exact) mass is 250 g/mol. The molecule has 0 spiro atoms. The highest BCUT2D eigenvalue weighted by molar-refractivity contribution is 5.91. The fourth-order valence-electron chi connectivity index (χ4n) is 1.30. The van der Waals surface area contributed by atoms with E-state index in [1.54, 1.807) is 30.3 Å². The van der Waals surface area contributed by atoms with Crippen molar-refractivity contribution in [2.24, 2.45) is 0 Å². The lowest BCUT2D eigenvalue weighted by molar-refractivity contribution is -0.142. The van der Waals surface area contributed by atoms with Gasteiger partial charge in [-0.25, -0.2) is 4.79 Å². The van der Waals surface area contributed by atoms with Crippen LogP contribution >= 0.6 is 0 Å². The van der Waals surface area contributed by atoms with E-state index in [0.29, 0.717) is 6.61 Å². The molecule has 0 radical (unpaired) electrons. The Morgan fingerprint density at radius 3 is 2.56 bits per heavy atom. The number of methoxy groups -OCH3 is 1. The van der Waals surface area contributed by atoms with Gasteiger partial charge in [0, 0.05) is 0 Å². The van der Waals surface area contributed by atoms with Gasteiger partial charge in [0.05, 0.1) is 13.7 Å².